The van der Waals surface area contributed by atoms with Gasteiger partial charge in [-0.05, 0) is 30.5 Å². The second kappa shape index (κ2) is 5.62. The van der Waals surface area contributed by atoms with Crippen molar-refractivity contribution in [3.05, 3.63) is 17.0 Å². The Morgan fingerprint density at radius 3 is 2.82 bits per heavy atom. The number of aromatic nitrogens is 3. The number of ether oxygens (including phenoxy) is 1. The largest absolute Gasteiger partial charge is 0.477 e. The summed E-state index contributed by atoms with van der Waals surface area (Å²) >= 11 is 8.12. The van der Waals surface area contributed by atoms with Gasteiger partial charge in [0.15, 0.2) is 5.65 Å². The predicted octanol–water partition coefficient (Wildman–Crippen LogP) is 3.89. The summed E-state index contributed by atoms with van der Waals surface area (Å²) in [5.41, 5.74) is 1.98. The lowest BCUT2D eigenvalue weighted by molar-refractivity contribution is 0.331. The van der Waals surface area contributed by atoms with Gasteiger partial charge in [0.2, 0.25) is 11.2 Å². The van der Waals surface area contributed by atoms with E-state index in [1.807, 2.05) is 10.9 Å². The Morgan fingerprint density at radius 1 is 1.47 bits per heavy atom. The number of hydrogen-bond acceptors (Lipinski definition) is 4. The molecule has 0 radical (unpaired) electrons. The first-order valence-corrected chi connectivity index (χ1v) is 8.90. The maximum Gasteiger partial charge on any atom is 0.227 e. The first-order valence-electron chi connectivity index (χ1n) is 5.20. The van der Waals surface area contributed by atoms with Crippen LogP contribution in [0.4, 0.5) is 0 Å². The van der Waals surface area contributed by atoms with E-state index >= 15 is 0 Å². The molecule has 0 unspecified atom stereocenters. The van der Waals surface area contributed by atoms with Gasteiger partial charge in [0.1, 0.15) is 0 Å². The number of nitrogens with zero attached hydrogens (tertiary/aromatic N) is 3. The highest BCUT2D eigenvalue weighted by molar-refractivity contribution is 14.2. The van der Waals surface area contributed by atoms with Crippen LogP contribution in [0.3, 0.4) is 0 Å². The summed E-state index contributed by atoms with van der Waals surface area (Å²) in [6.07, 6.45) is 2.96. The van der Waals surface area contributed by atoms with E-state index in [-0.39, 0.29) is 5.28 Å². The summed E-state index contributed by atoms with van der Waals surface area (Å²) in [6.45, 7) is 4.59. The van der Waals surface area contributed by atoms with Crippen molar-refractivity contribution in [3.63, 3.8) is 0 Å². The van der Waals surface area contributed by atoms with E-state index in [0.717, 1.165) is 17.5 Å². The zero-order valence-electron chi connectivity index (χ0n) is 9.41. The van der Waals surface area contributed by atoms with Crippen LogP contribution in [0, 0.1) is 0 Å². The van der Waals surface area contributed by atoms with Crippen LogP contribution in [0.5, 0.6) is 5.88 Å². The van der Waals surface area contributed by atoms with E-state index in [9.17, 15) is 0 Å². The second-order valence-electron chi connectivity index (χ2n) is 3.33. The van der Waals surface area contributed by atoms with E-state index in [4.69, 9.17) is 16.3 Å². The zero-order valence-corrected chi connectivity index (χ0v) is 13.1. The summed E-state index contributed by atoms with van der Waals surface area (Å²) in [7, 11) is 1.55. The molecule has 4 nitrogen and oxygen atoms in total. The van der Waals surface area contributed by atoms with Gasteiger partial charge in [0.05, 0.1) is 12.0 Å². The standard InChI is InChI=1S/C10H11ClIN3OS/c1-3-6-5-15(17-12)8-7(6)9(16-4-2)14-10(11)13-8/h5H,3-4H2,1-2H3. The molecule has 7 heteroatoms. The number of aryl methyl sites for hydroxylation is 1. The highest BCUT2D eigenvalue weighted by Crippen LogP contribution is 2.33. The monoisotopic (exact) mass is 383 g/mol. The summed E-state index contributed by atoms with van der Waals surface area (Å²) in [6, 6.07) is 0. The third-order valence-corrected chi connectivity index (χ3v) is 4.24. The quantitative estimate of drug-likeness (QED) is 0.593. The highest BCUT2D eigenvalue weighted by Gasteiger charge is 2.16. The van der Waals surface area contributed by atoms with Gasteiger partial charge >= 0.3 is 0 Å². The Hall–Kier alpha value is -0.210. The van der Waals surface area contributed by atoms with Gasteiger partial charge in [-0.25, -0.2) is 0 Å². The number of halogens is 2. The molecule has 2 aromatic rings. The Labute approximate surface area is 121 Å². The fraction of sp³-hybridized carbons (Fsp3) is 0.400. The molecule has 2 heterocycles. The van der Waals surface area contributed by atoms with Crippen LogP contribution in [0.1, 0.15) is 19.4 Å². The third-order valence-electron chi connectivity index (χ3n) is 2.37. The summed E-state index contributed by atoms with van der Waals surface area (Å²) in [5.74, 6) is 0.573. The van der Waals surface area contributed by atoms with E-state index in [1.165, 1.54) is 5.56 Å². The van der Waals surface area contributed by atoms with E-state index in [2.05, 4.69) is 44.3 Å². The van der Waals surface area contributed by atoms with Crippen LogP contribution in [-0.2, 0) is 6.42 Å². The first-order chi connectivity index (χ1) is 8.21. The van der Waals surface area contributed by atoms with Crippen LogP contribution >= 0.6 is 41.9 Å². The molecule has 92 valence electrons. The molecule has 2 aromatic heterocycles. The van der Waals surface area contributed by atoms with Crippen molar-refractivity contribution >= 4 is 53.0 Å². The molecule has 0 spiro atoms. The van der Waals surface area contributed by atoms with Gasteiger partial charge < -0.3 is 4.74 Å². The molecule has 17 heavy (non-hydrogen) atoms. The molecule has 2 rings (SSSR count). The molecule has 0 aliphatic rings. The molecule has 0 saturated carbocycles. The predicted molar refractivity (Wildman–Crippen MR) is 80.1 cm³/mol. The van der Waals surface area contributed by atoms with Crippen molar-refractivity contribution < 1.29 is 4.74 Å². The Morgan fingerprint density at radius 2 is 2.24 bits per heavy atom. The lowest BCUT2D eigenvalue weighted by Gasteiger charge is -2.05. The van der Waals surface area contributed by atoms with Crippen molar-refractivity contribution in [2.45, 2.75) is 20.3 Å². The Balaban J connectivity index is 2.75. The molecule has 0 aliphatic carbocycles. The molecule has 0 aliphatic heterocycles. The molecule has 0 aromatic carbocycles. The van der Waals surface area contributed by atoms with Gasteiger partial charge in [-0.15, -0.1) is 0 Å². The molecule has 0 atom stereocenters. The number of fused-ring (bicyclic) bond motifs is 1. The summed E-state index contributed by atoms with van der Waals surface area (Å²) in [5, 5.41) is 1.18. The van der Waals surface area contributed by atoms with Crippen molar-refractivity contribution in [2.75, 3.05) is 6.61 Å². The van der Waals surface area contributed by atoms with Crippen LogP contribution in [0.25, 0.3) is 11.0 Å². The lowest BCUT2D eigenvalue weighted by Crippen LogP contribution is -1.98. The third kappa shape index (κ3) is 2.48. The number of hydrogen-bond donors (Lipinski definition) is 0. The maximum atomic E-state index is 5.91. The van der Waals surface area contributed by atoms with Gasteiger partial charge in [-0.1, -0.05) is 6.92 Å². The number of rotatable bonds is 4. The fourth-order valence-electron chi connectivity index (χ4n) is 1.67. The van der Waals surface area contributed by atoms with E-state index in [1.54, 1.807) is 9.12 Å². The van der Waals surface area contributed by atoms with Crippen molar-refractivity contribution in [3.8, 4) is 5.88 Å². The van der Waals surface area contributed by atoms with Gasteiger partial charge in [0.25, 0.3) is 0 Å². The van der Waals surface area contributed by atoms with Crippen molar-refractivity contribution in [1.82, 2.24) is 13.9 Å². The lowest BCUT2D eigenvalue weighted by atomic mass is 10.2. The van der Waals surface area contributed by atoms with Crippen molar-refractivity contribution in [2.24, 2.45) is 0 Å². The SMILES string of the molecule is CCOc1nc(Cl)nc2c1c(CC)cn2SI. The van der Waals surface area contributed by atoms with E-state index < -0.39 is 0 Å². The normalized spacial score (nSPS) is 11.1. The highest BCUT2D eigenvalue weighted by atomic mass is 127. The molecular formula is C10H11ClIN3OS. The minimum Gasteiger partial charge on any atom is -0.477 e. The molecule has 0 N–H and O–H groups in total. The molecule has 0 amide bonds. The summed E-state index contributed by atoms with van der Waals surface area (Å²) in [4.78, 5) is 8.42. The van der Waals surface area contributed by atoms with Gasteiger partial charge in [0, 0.05) is 36.5 Å². The maximum absolute atomic E-state index is 5.91. The van der Waals surface area contributed by atoms with Crippen LogP contribution in [0.2, 0.25) is 5.28 Å². The molecule has 0 fully saturated rings. The molecule has 0 saturated heterocycles. The summed E-state index contributed by atoms with van der Waals surface area (Å²) < 4.78 is 7.52. The Bertz CT molecular complexity index is 546. The average Bonchev–Trinajstić information content (AvgIpc) is 2.67. The van der Waals surface area contributed by atoms with Gasteiger partial charge in [-0.2, -0.15) is 9.97 Å². The molecule has 0 bridgehead atoms. The topological polar surface area (TPSA) is 39.9 Å². The van der Waals surface area contributed by atoms with Gasteiger partial charge in [-0.3, -0.25) is 3.97 Å². The zero-order chi connectivity index (χ0) is 12.4. The van der Waals surface area contributed by atoms with Crippen LogP contribution in [0.15, 0.2) is 6.20 Å². The smallest absolute Gasteiger partial charge is 0.227 e. The Kier molecular flexibility index (Phi) is 4.37. The molecular weight excluding hydrogens is 373 g/mol. The van der Waals surface area contributed by atoms with Crippen LogP contribution in [-0.4, -0.2) is 20.5 Å². The van der Waals surface area contributed by atoms with E-state index in [0.29, 0.717) is 12.5 Å². The van der Waals surface area contributed by atoms with Crippen molar-refractivity contribution in [1.29, 1.82) is 0 Å². The first kappa shape index (κ1) is 13.2. The fourth-order valence-corrected chi connectivity index (χ4v) is 3.10. The average molecular weight is 384 g/mol. The second-order valence-corrected chi connectivity index (χ2v) is 5.38. The minimum atomic E-state index is 0.216. The minimum absolute atomic E-state index is 0.216. The van der Waals surface area contributed by atoms with Crippen LogP contribution < -0.4 is 4.74 Å².